The Bertz CT molecular complexity index is 1310. The number of carbonyl (C=O) groups excluding carboxylic acids is 6. The molecular formula is C24H32N3O12P3+2. The smallest absolute Gasteiger partial charge is 0.378 e. The largest absolute Gasteiger partial charge is 0.624 e. The van der Waals surface area contributed by atoms with Gasteiger partial charge in [0.2, 0.25) is 0 Å². The normalized spacial score (nSPS) is 15.7. The number of carbonyl (C=O) groups is 6. The highest BCUT2D eigenvalue weighted by Gasteiger charge is 2.77. The lowest BCUT2D eigenvalue weighted by molar-refractivity contribution is -0.135. The fourth-order valence-electron chi connectivity index (χ4n) is 1.99. The average Bonchev–Trinajstić information content (AvgIpc) is 2.82. The quantitative estimate of drug-likeness (QED) is 0.207. The molecule has 0 radical (unpaired) electrons. The van der Waals surface area contributed by atoms with E-state index in [2.05, 4.69) is 53.7 Å². The van der Waals surface area contributed by atoms with E-state index in [0.717, 1.165) is 0 Å². The van der Waals surface area contributed by atoms with Gasteiger partial charge in [0.25, 0.3) is 0 Å². The number of hydrogen-bond donors (Lipinski definition) is 2. The van der Waals surface area contributed by atoms with Crippen LogP contribution in [0.15, 0.2) is 77.4 Å². The Morgan fingerprint density at radius 2 is 0.810 bits per heavy atom. The van der Waals surface area contributed by atoms with Crippen molar-refractivity contribution in [2.75, 3.05) is 0 Å². The Morgan fingerprint density at radius 3 is 1.10 bits per heavy atom. The van der Waals surface area contributed by atoms with E-state index in [9.17, 15) is 28.8 Å². The molecule has 0 fully saturated rings. The van der Waals surface area contributed by atoms with Gasteiger partial charge in [0.05, 0.1) is 4.52 Å². The number of nitrogens with zero attached hydrogens (tertiary/aromatic N) is 1. The summed E-state index contributed by atoms with van der Waals surface area (Å²) in [5, 5.41) is 0. The molecule has 0 saturated heterocycles. The van der Waals surface area contributed by atoms with Crippen LogP contribution in [0.4, 0.5) is 0 Å². The van der Waals surface area contributed by atoms with Crippen molar-refractivity contribution in [3.05, 3.63) is 72.9 Å². The molecule has 1 rings (SSSR count). The van der Waals surface area contributed by atoms with E-state index < -0.39 is 59.5 Å². The summed E-state index contributed by atoms with van der Waals surface area (Å²) in [6, 6.07) is 0. The van der Waals surface area contributed by atoms with Gasteiger partial charge in [-0.3, -0.25) is 0 Å². The van der Waals surface area contributed by atoms with Gasteiger partial charge >= 0.3 is 59.5 Å². The van der Waals surface area contributed by atoms with Gasteiger partial charge in [0.15, 0.2) is 0 Å². The van der Waals surface area contributed by atoms with Crippen LogP contribution in [0.1, 0.15) is 41.5 Å². The molecule has 0 amide bonds. The Kier molecular flexibility index (Phi) is 12.1. The molecule has 0 aromatic rings. The summed E-state index contributed by atoms with van der Waals surface area (Å²) >= 11 is 0. The lowest BCUT2D eigenvalue weighted by Crippen LogP contribution is -2.39. The first-order valence-electron chi connectivity index (χ1n) is 11.5. The third kappa shape index (κ3) is 9.68. The number of rotatable bonds is 12. The molecule has 0 unspecified atom stereocenters. The van der Waals surface area contributed by atoms with E-state index in [-0.39, 0.29) is 33.4 Å². The maximum atomic E-state index is 12.8. The zero-order valence-corrected chi connectivity index (χ0v) is 26.6. The van der Waals surface area contributed by atoms with Crippen molar-refractivity contribution in [3.63, 3.8) is 0 Å². The third-order valence-corrected chi connectivity index (χ3v) is 12.6. The first kappa shape index (κ1) is 36.3. The van der Waals surface area contributed by atoms with Gasteiger partial charge in [-0.05, 0) is 41.5 Å². The van der Waals surface area contributed by atoms with Crippen LogP contribution in [-0.2, 0) is 55.9 Å². The molecule has 1 heterocycles. The van der Waals surface area contributed by atoms with Gasteiger partial charge in [0, 0.05) is 38.3 Å². The topological polar surface area (TPSA) is 194 Å². The highest BCUT2D eigenvalue weighted by Crippen LogP contribution is 2.82. The molecule has 0 spiro atoms. The zero-order valence-electron chi connectivity index (χ0n) is 23.9. The van der Waals surface area contributed by atoms with Crippen molar-refractivity contribution in [2.45, 2.75) is 41.5 Å². The maximum absolute atomic E-state index is 12.8. The van der Waals surface area contributed by atoms with E-state index in [1.807, 2.05) is 0 Å². The van der Waals surface area contributed by atoms with Crippen molar-refractivity contribution < 1.29 is 55.9 Å². The van der Waals surface area contributed by atoms with Crippen LogP contribution in [0, 0.1) is 0 Å². The minimum Gasteiger partial charge on any atom is -0.378 e. The van der Waals surface area contributed by atoms with Gasteiger partial charge in [0.1, 0.15) is 4.86 Å². The predicted molar refractivity (Wildman–Crippen MR) is 155 cm³/mol. The van der Waals surface area contributed by atoms with E-state index >= 15 is 0 Å². The van der Waals surface area contributed by atoms with Crippen LogP contribution in [0.3, 0.4) is 0 Å². The van der Waals surface area contributed by atoms with Crippen LogP contribution in [0.2, 0.25) is 0 Å². The molecule has 0 atom stereocenters. The summed E-state index contributed by atoms with van der Waals surface area (Å²) in [6.07, 6.45) is 0. The van der Waals surface area contributed by atoms with Crippen LogP contribution >= 0.6 is 23.7 Å². The molecule has 228 valence electrons. The van der Waals surface area contributed by atoms with Crippen molar-refractivity contribution in [1.29, 1.82) is 0 Å². The summed E-state index contributed by atoms with van der Waals surface area (Å²) in [7, 11) is -14.4. The minimum atomic E-state index is -4.84. The third-order valence-electron chi connectivity index (χ3n) is 4.09. The number of hydrogen-bond acceptors (Lipinski definition) is 15. The van der Waals surface area contributed by atoms with Crippen LogP contribution in [-0.4, -0.2) is 35.8 Å². The highest BCUT2D eigenvalue weighted by atomic mass is 31.3. The summed E-state index contributed by atoms with van der Waals surface area (Å²) in [5.74, 6) is -7.29. The Hall–Kier alpha value is -3.73. The molecule has 0 aromatic carbocycles. The van der Waals surface area contributed by atoms with Crippen LogP contribution < -0.4 is 9.72 Å². The number of nitrogens with one attached hydrogen (secondary N) is 2. The van der Waals surface area contributed by atoms with E-state index in [1.165, 1.54) is 41.5 Å². The van der Waals surface area contributed by atoms with Gasteiger partial charge < -0.3 is 9.05 Å². The van der Waals surface area contributed by atoms with Gasteiger partial charge in [-0.15, -0.1) is 0 Å². The summed E-state index contributed by atoms with van der Waals surface area (Å²) in [4.78, 5) is 81.7. The zero-order chi connectivity index (χ0) is 32.8. The van der Waals surface area contributed by atoms with E-state index in [4.69, 9.17) is 27.1 Å². The fourth-order valence-corrected chi connectivity index (χ4v) is 11.8. The lowest BCUT2D eigenvalue weighted by Gasteiger charge is -2.31. The minimum absolute atomic E-state index is 0.226. The molecule has 1 aliphatic rings. The summed E-state index contributed by atoms with van der Waals surface area (Å²) < 4.78 is 36.6. The van der Waals surface area contributed by atoms with Crippen LogP contribution in [0.25, 0.3) is 0 Å². The van der Waals surface area contributed by atoms with Crippen LogP contribution in [0.5, 0.6) is 0 Å². The second kappa shape index (κ2) is 14.0. The Morgan fingerprint density at radius 1 is 0.524 bits per heavy atom. The molecule has 0 aromatic heterocycles. The van der Waals surface area contributed by atoms with Crippen molar-refractivity contribution in [1.82, 2.24) is 9.72 Å². The molecule has 0 aliphatic carbocycles. The monoisotopic (exact) mass is 647 g/mol. The van der Waals surface area contributed by atoms with Gasteiger partial charge in [-0.2, -0.15) is 0 Å². The first-order chi connectivity index (χ1) is 19.1. The molecule has 1 aliphatic heterocycles. The van der Waals surface area contributed by atoms with Gasteiger partial charge in [-0.25, -0.2) is 46.9 Å². The van der Waals surface area contributed by atoms with Crippen molar-refractivity contribution in [2.24, 2.45) is 4.52 Å². The highest BCUT2D eigenvalue weighted by molar-refractivity contribution is 7.89. The SMILES string of the molecule is C=C(C)C(=O)OP1(OC(=O)C(=C)C)=N[P+](OC(=O)C(=C)C)(OC(=O)C(=C)C)N[P+](OC(=O)C(=C)C)(OC(=O)C(=C)C)N1. The lowest BCUT2D eigenvalue weighted by atomic mass is 10.4. The summed E-state index contributed by atoms with van der Waals surface area (Å²) in [5.41, 5.74) is -1.40. The van der Waals surface area contributed by atoms with Gasteiger partial charge in [-0.1, -0.05) is 39.5 Å². The molecule has 18 heteroatoms. The molecule has 0 saturated carbocycles. The van der Waals surface area contributed by atoms with Crippen molar-refractivity contribution >= 4 is 59.5 Å². The Balaban J connectivity index is 4.35. The van der Waals surface area contributed by atoms with E-state index in [1.54, 1.807) is 0 Å². The molecule has 2 N–H and O–H groups in total. The molecular weight excluding hydrogens is 615 g/mol. The molecule has 15 nitrogen and oxygen atoms in total. The molecule has 0 bridgehead atoms. The second-order valence-corrected chi connectivity index (χ2v) is 15.4. The average molecular weight is 647 g/mol. The fraction of sp³-hybridized carbons (Fsp3) is 0.250. The summed E-state index contributed by atoms with van der Waals surface area (Å²) in [6.45, 7) is 28.2. The molecule has 42 heavy (non-hydrogen) atoms. The predicted octanol–water partition coefficient (Wildman–Crippen LogP) is 5.20. The maximum Gasteiger partial charge on any atom is 0.624 e. The Labute approximate surface area is 244 Å². The standard InChI is InChI=1S/C24H32N3O12P3/c1-13(2)19(28)34-40(35-20(29)14(3)4)25-41(36-21(30)15(5)6,37-22(31)16(7)8)27-42(26-40,38-23(32)17(9)10)39-24(33)18(11)12/h25-26H,1,3,5,7,9,11H2,2,4,6,8,10,12H3/q+2. The van der Waals surface area contributed by atoms with Crippen molar-refractivity contribution in [3.8, 4) is 0 Å². The first-order valence-corrected chi connectivity index (χ1v) is 16.2. The second-order valence-electron chi connectivity index (χ2n) is 8.84. The van der Waals surface area contributed by atoms with E-state index in [0.29, 0.717) is 0 Å².